The molecule has 6 heteroatoms. The second-order valence-corrected chi connectivity index (χ2v) is 6.64. The number of imidazole rings is 1. The van der Waals surface area contributed by atoms with Crippen molar-refractivity contribution >= 4 is 23.3 Å². The van der Waals surface area contributed by atoms with E-state index in [4.69, 9.17) is 16.3 Å². The maximum Gasteiger partial charge on any atom is 0.256 e. The lowest BCUT2D eigenvalue weighted by Crippen LogP contribution is -2.12. The molecule has 1 amide bonds. The Morgan fingerprint density at radius 1 is 1.23 bits per heavy atom. The summed E-state index contributed by atoms with van der Waals surface area (Å²) in [6, 6.07) is 14.7. The van der Waals surface area contributed by atoms with E-state index in [-0.39, 0.29) is 12.0 Å². The van der Waals surface area contributed by atoms with Gasteiger partial charge in [-0.25, -0.2) is 4.98 Å². The number of nitrogens with zero attached hydrogens (tertiary/aromatic N) is 2. The number of benzene rings is 2. The van der Waals surface area contributed by atoms with Gasteiger partial charge in [0.1, 0.15) is 5.75 Å². The Morgan fingerprint density at radius 2 is 2.00 bits per heavy atom. The molecule has 0 aliphatic heterocycles. The highest BCUT2D eigenvalue weighted by molar-refractivity contribution is 6.30. The normalized spacial score (nSPS) is 10.8. The van der Waals surface area contributed by atoms with E-state index in [2.05, 4.69) is 10.3 Å². The molecule has 3 rings (SSSR count). The van der Waals surface area contributed by atoms with Gasteiger partial charge in [0.25, 0.3) is 5.91 Å². The number of hydrogen-bond donors (Lipinski definition) is 1. The lowest BCUT2D eigenvalue weighted by atomic mass is 10.2. The number of aromatic nitrogens is 2. The van der Waals surface area contributed by atoms with Crippen LogP contribution in [0.15, 0.2) is 61.1 Å². The fourth-order valence-corrected chi connectivity index (χ4v) is 2.72. The quantitative estimate of drug-likeness (QED) is 0.689. The van der Waals surface area contributed by atoms with Crippen molar-refractivity contribution in [2.45, 2.75) is 26.5 Å². The Kier molecular flexibility index (Phi) is 5.58. The zero-order valence-electron chi connectivity index (χ0n) is 14.6. The smallest absolute Gasteiger partial charge is 0.256 e. The number of hydrogen-bond acceptors (Lipinski definition) is 3. The topological polar surface area (TPSA) is 56.1 Å². The molecule has 0 atom stereocenters. The summed E-state index contributed by atoms with van der Waals surface area (Å²) in [5.74, 6) is 1.02. The van der Waals surface area contributed by atoms with Gasteiger partial charge in [0.2, 0.25) is 0 Å². The van der Waals surface area contributed by atoms with E-state index in [1.165, 1.54) is 0 Å². The van der Waals surface area contributed by atoms with E-state index >= 15 is 0 Å². The number of halogens is 1. The lowest BCUT2D eigenvalue weighted by molar-refractivity contribution is 0.102. The van der Waals surface area contributed by atoms with Crippen LogP contribution in [0.3, 0.4) is 0 Å². The summed E-state index contributed by atoms with van der Waals surface area (Å²) in [5.41, 5.74) is 1.61. The third-order valence-electron chi connectivity index (χ3n) is 3.62. The Bertz CT molecular complexity index is 888. The number of carbonyl (C=O) groups is 1. The zero-order chi connectivity index (χ0) is 18.5. The van der Waals surface area contributed by atoms with E-state index in [0.717, 1.165) is 11.3 Å². The van der Waals surface area contributed by atoms with Crippen LogP contribution in [0.2, 0.25) is 5.02 Å². The molecule has 26 heavy (non-hydrogen) atoms. The molecule has 1 aromatic heterocycles. The Morgan fingerprint density at radius 3 is 2.69 bits per heavy atom. The minimum absolute atomic E-state index is 0.0955. The zero-order valence-corrected chi connectivity index (χ0v) is 15.4. The monoisotopic (exact) mass is 369 g/mol. The molecule has 0 saturated carbocycles. The molecule has 134 valence electrons. The van der Waals surface area contributed by atoms with Gasteiger partial charge in [0.15, 0.2) is 5.82 Å². The van der Waals surface area contributed by atoms with Crippen molar-refractivity contribution in [1.82, 2.24) is 9.55 Å². The maximum atomic E-state index is 12.3. The van der Waals surface area contributed by atoms with Crippen molar-refractivity contribution in [1.29, 1.82) is 0 Å². The molecule has 5 nitrogen and oxygen atoms in total. The van der Waals surface area contributed by atoms with E-state index in [9.17, 15) is 4.79 Å². The van der Waals surface area contributed by atoms with Crippen molar-refractivity contribution in [3.05, 3.63) is 77.2 Å². The Hall–Kier alpha value is -2.79. The summed E-state index contributed by atoms with van der Waals surface area (Å²) < 4.78 is 7.47. The largest absolute Gasteiger partial charge is 0.491 e. The van der Waals surface area contributed by atoms with Crippen molar-refractivity contribution in [3.63, 3.8) is 0 Å². The molecule has 0 radical (unpaired) electrons. The van der Waals surface area contributed by atoms with Gasteiger partial charge in [0, 0.05) is 23.3 Å². The average Bonchev–Trinajstić information content (AvgIpc) is 3.02. The third-order valence-corrected chi connectivity index (χ3v) is 3.85. The first-order valence-corrected chi connectivity index (χ1v) is 8.71. The van der Waals surface area contributed by atoms with Crippen LogP contribution < -0.4 is 10.1 Å². The highest BCUT2D eigenvalue weighted by Gasteiger charge is 2.09. The molecular formula is C20H20ClN3O2. The molecule has 0 aliphatic rings. The second kappa shape index (κ2) is 8.06. The molecule has 0 spiro atoms. The second-order valence-electron chi connectivity index (χ2n) is 6.21. The summed E-state index contributed by atoms with van der Waals surface area (Å²) >= 11 is 6.00. The summed E-state index contributed by atoms with van der Waals surface area (Å²) in [4.78, 5) is 16.6. The lowest BCUT2D eigenvalue weighted by Gasteiger charge is -2.09. The van der Waals surface area contributed by atoms with Crippen molar-refractivity contribution in [2.24, 2.45) is 0 Å². The van der Waals surface area contributed by atoms with Crippen LogP contribution in [0.4, 0.5) is 5.82 Å². The molecule has 0 bridgehead atoms. The van der Waals surface area contributed by atoms with Crippen LogP contribution >= 0.6 is 11.6 Å². The van der Waals surface area contributed by atoms with E-state index in [0.29, 0.717) is 22.9 Å². The number of rotatable bonds is 6. The van der Waals surface area contributed by atoms with Gasteiger partial charge in [0.05, 0.1) is 12.4 Å². The van der Waals surface area contributed by atoms with Crippen LogP contribution in [0.1, 0.15) is 29.8 Å². The van der Waals surface area contributed by atoms with Gasteiger partial charge in [-0.2, -0.15) is 0 Å². The number of amides is 1. The minimum atomic E-state index is -0.214. The summed E-state index contributed by atoms with van der Waals surface area (Å²) in [7, 11) is 0. The summed E-state index contributed by atoms with van der Waals surface area (Å²) in [6.45, 7) is 4.55. The molecule has 0 aliphatic carbocycles. The first-order valence-electron chi connectivity index (χ1n) is 8.34. The van der Waals surface area contributed by atoms with E-state index in [1.54, 1.807) is 36.8 Å². The average molecular weight is 370 g/mol. The number of nitrogens with one attached hydrogen (secondary N) is 1. The molecular weight excluding hydrogens is 350 g/mol. The van der Waals surface area contributed by atoms with Crippen molar-refractivity contribution in [3.8, 4) is 5.75 Å². The van der Waals surface area contributed by atoms with E-state index in [1.807, 2.05) is 42.7 Å². The van der Waals surface area contributed by atoms with E-state index < -0.39 is 0 Å². The molecule has 2 aromatic carbocycles. The number of carbonyl (C=O) groups excluding carboxylic acids is 1. The first kappa shape index (κ1) is 18.0. The van der Waals surface area contributed by atoms with Gasteiger partial charge in [-0.1, -0.05) is 23.7 Å². The molecule has 1 N–H and O–H groups in total. The number of ether oxygens (including phenoxy) is 1. The van der Waals surface area contributed by atoms with Crippen LogP contribution in [0.25, 0.3) is 0 Å². The molecule has 0 saturated heterocycles. The van der Waals surface area contributed by atoms with Gasteiger partial charge in [-0.15, -0.1) is 0 Å². The maximum absolute atomic E-state index is 12.3. The highest BCUT2D eigenvalue weighted by Crippen LogP contribution is 2.16. The highest BCUT2D eigenvalue weighted by atomic mass is 35.5. The van der Waals surface area contributed by atoms with Gasteiger partial charge in [-0.05, 0) is 55.8 Å². The predicted octanol–water partition coefficient (Wildman–Crippen LogP) is 4.62. The van der Waals surface area contributed by atoms with Gasteiger partial charge < -0.3 is 14.6 Å². The third kappa shape index (κ3) is 4.86. The van der Waals surface area contributed by atoms with Crippen LogP contribution in [0.5, 0.6) is 5.75 Å². The standard InChI is InChI=1S/C20H20ClN3O2/c1-14(2)26-18-8-6-16(7-9-18)20(25)23-19-12-24(13-22-19)11-15-4-3-5-17(21)10-15/h3-10,12-14H,11H2,1-2H3,(H,23,25). The molecule has 0 fully saturated rings. The predicted molar refractivity (Wildman–Crippen MR) is 103 cm³/mol. The van der Waals surface area contributed by atoms with Crippen molar-refractivity contribution in [2.75, 3.05) is 5.32 Å². The fourth-order valence-electron chi connectivity index (χ4n) is 2.50. The van der Waals surface area contributed by atoms with Gasteiger partial charge in [-0.3, -0.25) is 4.79 Å². The Balaban J connectivity index is 1.62. The number of anilines is 1. The first-order chi connectivity index (χ1) is 12.5. The van der Waals surface area contributed by atoms with Crippen LogP contribution in [-0.4, -0.2) is 21.6 Å². The molecule has 3 aromatic rings. The summed E-state index contributed by atoms with van der Waals surface area (Å²) in [5, 5.41) is 3.49. The molecule has 0 unspecified atom stereocenters. The van der Waals surface area contributed by atoms with Crippen LogP contribution in [0, 0.1) is 0 Å². The molecule has 1 heterocycles. The SMILES string of the molecule is CC(C)Oc1ccc(C(=O)Nc2cn(Cc3cccc(Cl)c3)cn2)cc1. The fraction of sp³-hybridized carbons (Fsp3) is 0.200. The minimum Gasteiger partial charge on any atom is -0.491 e. The van der Waals surface area contributed by atoms with Gasteiger partial charge >= 0.3 is 0 Å². The summed E-state index contributed by atoms with van der Waals surface area (Å²) in [6.07, 6.45) is 3.56. The van der Waals surface area contributed by atoms with Crippen molar-refractivity contribution < 1.29 is 9.53 Å². The Labute approximate surface area is 157 Å². The van der Waals surface area contributed by atoms with Crippen LogP contribution in [-0.2, 0) is 6.54 Å².